The summed E-state index contributed by atoms with van der Waals surface area (Å²) in [7, 11) is 0. The molecule has 6 heteroatoms. The maximum atomic E-state index is 12.0. The molecule has 0 aliphatic carbocycles. The zero-order valence-corrected chi connectivity index (χ0v) is 11.5. The Morgan fingerprint density at radius 2 is 2.21 bits per heavy atom. The molecule has 2 amide bonds. The van der Waals surface area contributed by atoms with Crippen LogP contribution in [0.3, 0.4) is 0 Å². The van der Waals surface area contributed by atoms with Crippen molar-refractivity contribution in [3.05, 3.63) is 0 Å². The SMILES string of the molecule is CCC(C)C(NC(=O)C1CCCN1)C(=O)NC[C]=O. The number of carbonyl (C=O) groups is 2. The van der Waals surface area contributed by atoms with Gasteiger partial charge in [-0.15, -0.1) is 0 Å². The van der Waals surface area contributed by atoms with E-state index in [2.05, 4.69) is 16.0 Å². The van der Waals surface area contributed by atoms with Crippen molar-refractivity contribution >= 4 is 18.1 Å². The van der Waals surface area contributed by atoms with Crippen LogP contribution in [-0.2, 0) is 14.4 Å². The first-order valence-corrected chi connectivity index (χ1v) is 6.76. The van der Waals surface area contributed by atoms with E-state index in [0.29, 0.717) is 0 Å². The van der Waals surface area contributed by atoms with Gasteiger partial charge in [0.2, 0.25) is 18.1 Å². The molecule has 1 fully saturated rings. The second-order valence-electron chi connectivity index (χ2n) is 4.88. The second-order valence-corrected chi connectivity index (χ2v) is 4.88. The molecule has 1 radical (unpaired) electrons. The van der Waals surface area contributed by atoms with Crippen molar-refractivity contribution in [1.29, 1.82) is 0 Å². The van der Waals surface area contributed by atoms with Crippen LogP contribution in [0.1, 0.15) is 33.1 Å². The van der Waals surface area contributed by atoms with E-state index in [1.165, 1.54) is 0 Å². The van der Waals surface area contributed by atoms with Crippen molar-refractivity contribution < 1.29 is 14.4 Å². The second kappa shape index (κ2) is 7.89. The molecule has 3 unspecified atom stereocenters. The molecular formula is C13H22N3O3. The molecule has 6 nitrogen and oxygen atoms in total. The zero-order chi connectivity index (χ0) is 14.3. The fourth-order valence-corrected chi connectivity index (χ4v) is 2.10. The van der Waals surface area contributed by atoms with Crippen LogP contribution in [0.25, 0.3) is 0 Å². The van der Waals surface area contributed by atoms with Crippen molar-refractivity contribution in [1.82, 2.24) is 16.0 Å². The highest BCUT2D eigenvalue weighted by Gasteiger charge is 2.29. The predicted octanol–water partition coefficient (Wildman–Crippen LogP) is -0.505. The van der Waals surface area contributed by atoms with Gasteiger partial charge in [0.15, 0.2) is 0 Å². The number of amides is 2. The van der Waals surface area contributed by atoms with Crippen LogP contribution >= 0.6 is 0 Å². The molecule has 107 valence electrons. The Labute approximate surface area is 113 Å². The normalized spacial score (nSPS) is 21.5. The minimum atomic E-state index is -0.603. The number of nitrogens with one attached hydrogen (secondary N) is 3. The lowest BCUT2D eigenvalue weighted by Gasteiger charge is -2.24. The Hall–Kier alpha value is -1.43. The van der Waals surface area contributed by atoms with E-state index in [1.54, 1.807) is 6.29 Å². The van der Waals surface area contributed by atoms with Gasteiger partial charge in [-0.2, -0.15) is 0 Å². The van der Waals surface area contributed by atoms with Gasteiger partial charge in [0, 0.05) is 0 Å². The molecule has 1 rings (SSSR count). The molecule has 19 heavy (non-hydrogen) atoms. The topological polar surface area (TPSA) is 87.3 Å². The Bertz CT molecular complexity index is 327. The van der Waals surface area contributed by atoms with Crippen LogP contribution in [0.5, 0.6) is 0 Å². The standard InChI is InChI=1S/C13H22N3O3/c1-3-9(2)11(13(19)15-7-8-17)16-12(18)10-5-4-6-14-10/h9-11,14H,3-7H2,1-2H3,(H,15,19)(H,16,18). The van der Waals surface area contributed by atoms with E-state index >= 15 is 0 Å². The Morgan fingerprint density at radius 3 is 2.74 bits per heavy atom. The summed E-state index contributed by atoms with van der Waals surface area (Å²) in [6.45, 7) is 4.54. The first kappa shape index (κ1) is 15.6. The number of rotatable bonds is 7. The molecular weight excluding hydrogens is 246 g/mol. The van der Waals surface area contributed by atoms with Gasteiger partial charge in [0.05, 0.1) is 12.6 Å². The lowest BCUT2D eigenvalue weighted by atomic mass is 9.98. The van der Waals surface area contributed by atoms with Crippen LogP contribution in [0.4, 0.5) is 0 Å². The average molecular weight is 268 g/mol. The third kappa shape index (κ3) is 4.63. The third-order valence-electron chi connectivity index (χ3n) is 3.50. The molecule has 0 aromatic rings. The smallest absolute Gasteiger partial charge is 0.243 e. The largest absolute Gasteiger partial charge is 0.347 e. The lowest BCUT2D eigenvalue weighted by molar-refractivity contribution is -0.130. The highest BCUT2D eigenvalue weighted by molar-refractivity contribution is 5.90. The van der Waals surface area contributed by atoms with Gasteiger partial charge in [-0.1, -0.05) is 20.3 Å². The van der Waals surface area contributed by atoms with Crippen molar-refractivity contribution in [2.45, 2.75) is 45.2 Å². The molecule has 1 aliphatic heterocycles. The van der Waals surface area contributed by atoms with Gasteiger partial charge in [-0.05, 0) is 25.3 Å². The van der Waals surface area contributed by atoms with Crippen LogP contribution in [0.15, 0.2) is 0 Å². The van der Waals surface area contributed by atoms with Crippen molar-refractivity contribution in [2.24, 2.45) is 5.92 Å². The summed E-state index contributed by atoms with van der Waals surface area (Å²) in [5.41, 5.74) is 0. The molecule has 0 aromatic carbocycles. The van der Waals surface area contributed by atoms with Crippen molar-refractivity contribution in [3.63, 3.8) is 0 Å². The quantitative estimate of drug-likeness (QED) is 0.580. The molecule has 3 atom stereocenters. The van der Waals surface area contributed by atoms with Gasteiger partial charge in [0.25, 0.3) is 0 Å². The monoisotopic (exact) mass is 268 g/mol. The Morgan fingerprint density at radius 1 is 1.47 bits per heavy atom. The summed E-state index contributed by atoms with van der Waals surface area (Å²) >= 11 is 0. The minimum Gasteiger partial charge on any atom is -0.347 e. The van der Waals surface area contributed by atoms with Gasteiger partial charge in [-0.25, -0.2) is 0 Å². The zero-order valence-electron chi connectivity index (χ0n) is 11.5. The summed E-state index contributed by atoms with van der Waals surface area (Å²) in [6.07, 6.45) is 4.14. The van der Waals surface area contributed by atoms with Crippen LogP contribution < -0.4 is 16.0 Å². The van der Waals surface area contributed by atoms with Crippen molar-refractivity contribution in [2.75, 3.05) is 13.1 Å². The maximum absolute atomic E-state index is 12.0. The number of hydrogen-bond acceptors (Lipinski definition) is 4. The van der Waals surface area contributed by atoms with E-state index in [0.717, 1.165) is 25.8 Å². The van der Waals surface area contributed by atoms with E-state index in [9.17, 15) is 14.4 Å². The Kier molecular flexibility index (Phi) is 6.49. The summed E-state index contributed by atoms with van der Waals surface area (Å²) in [4.78, 5) is 34.1. The fraction of sp³-hybridized carbons (Fsp3) is 0.769. The van der Waals surface area contributed by atoms with Crippen LogP contribution in [0.2, 0.25) is 0 Å². The summed E-state index contributed by atoms with van der Waals surface area (Å²) in [5, 5.41) is 8.32. The molecule has 0 saturated carbocycles. The first-order chi connectivity index (χ1) is 9.10. The van der Waals surface area contributed by atoms with Gasteiger partial charge in [0.1, 0.15) is 6.04 Å². The van der Waals surface area contributed by atoms with E-state index in [-0.39, 0.29) is 30.3 Å². The maximum Gasteiger partial charge on any atom is 0.243 e. The summed E-state index contributed by atoms with van der Waals surface area (Å²) in [6, 6.07) is -0.815. The Balaban J connectivity index is 2.60. The predicted molar refractivity (Wildman–Crippen MR) is 71.1 cm³/mol. The van der Waals surface area contributed by atoms with E-state index in [1.807, 2.05) is 13.8 Å². The third-order valence-corrected chi connectivity index (χ3v) is 3.50. The van der Waals surface area contributed by atoms with Crippen LogP contribution in [0, 0.1) is 5.92 Å². The summed E-state index contributed by atoms with van der Waals surface area (Å²) < 4.78 is 0. The number of carbonyl (C=O) groups excluding carboxylic acids is 3. The van der Waals surface area contributed by atoms with Crippen LogP contribution in [-0.4, -0.2) is 43.3 Å². The molecule has 1 aliphatic rings. The highest BCUT2D eigenvalue weighted by atomic mass is 16.2. The van der Waals surface area contributed by atoms with Gasteiger partial charge in [-0.3, -0.25) is 14.4 Å². The van der Waals surface area contributed by atoms with Gasteiger partial charge >= 0.3 is 0 Å². The molecule has 0 bridgehead atoms. The fourth-order valence-electron chi connectivity index (χ4n) is 2.10. The first-order valence-electron chi connectivity index (χ1n) is 6.76. The summed E-state index contributed by atoms with van der Waals surface area (Å²) in [5.74, 6) is -0.464. The van der Waals surface area contributed by atoms with E-state index in [4.69, 9.17) is 0 Å². The molecule has 0 spiro atoms. The van der Waals surface area contributed by atoms with Gasteiger partial charge < -0.3 is 16.0 Å². The average Bonchev–Trinajstić information content (AvgIpc) is 2.95. The lowest BCUT2D eigenvalue weighted by Crippen LogP contribution is -2.54. The molecule has 0 aromatic heterocycles. The highest BCUT2D eigenvalue weighted by Crippen LogP contribution is 2.10. The number of hydrogen-bond donors (Lipinski definition) is 3. The molecule has 1 heterocycles. The molecule has 3 N–H and O–H groups in total. The van der Waals surface area contributed by atoms with E-state index < -0.39 is 6.04 Å². The minimum absolute atomic E-state index is 0.0111. The van der Waals surface area contributed by atoms with Crippen molar-refractivity contribution in [3.8, 4) is 0 Å². The molecule has 1 saturated heterocycles.